The fourth-order valence-electron chi connectivity index (χ4n) is 4.55. The summed E-state index contributed by atoms with van der Waals surface area (Å²) >= 11 is 0. The van der Waals surface area contributed by atoms with Gasteiger partial charge in [-0.05, 0) is 26.3 Å². The molecule has 6 N–H and O–H groups in total. The van der Waals surface area contributed by atoms with Crippen LogP contribution in [0.2, 0.25) is 0 Å². The summed E-state index contributed by atoms with van der Waals surface area (Å²) in [5.74, 6) is -1.83. The first-order valence-electron chi connectivity index (χ1n) is 13.3. The molecule has 1 aliphatic heterocycles. The van der Waals surface area contributed by atoms with Crippen molar-refractivity contribution in [2.75, 3.05) is 5.32 Å². The van der Waals surface area contributed by atoms with E-state index in [2.05, 4.69) is 17.6 Å². The lowest BCUT2D eigenvalue weighted by Gasteiger charge is -2.34. The third kappa shape index (κ3) is 8.62. The summed E-state index contributed by atoms with van der Waals surface area (Å²) in [7, 11) is 0. The molecule has 0 spiro atoms. The number of aliphatic hydroxyl groups is 3. The van der Waals surface area contributed by atoms with Gasteiger partial charge in [-0.3, -0.25) is 14.9 Å². The summed E-state index contributed by atoms with van der Waals surface area (Å²) in [6.45, 7) is 8.76. The molecule has 1 fully saturated rings. The first-order chi connectivity index (χ1) is 18.0. The maximum Gasteiger partial charge on any atom is 0.308 e. The number of amides is 1. The van der Waals surface area contributed by atoms with Crippen molar-refractivity contribution in [1.29, 1.82) is 0 Å². The minimum atomic E-state index is -1.54. The van der Waals surface area contributed by atoms with Crippen molar-refractivity contribution in [3.05, 3.63) is 23.8 Å². The Hall–Kier alpha value is -2.28. The van der Waals surface area contributed by atoms with Crippen LogP contribution in [-0.4, -0.2) is 69.7 Å². The molecule has 0 radical (unpaired) electrons. The van der Waals surface area contributed by atoms with E-state index in [1.54, 1.807) is 27.7 Å². The zero-order chi connectivity index (χ0) is 28.4. The number of carbonyl (C=O) groups is 2. The molecule has 11 nitrogen and oxygen atoms in total. The molecule has 2 rings (SSSR count). The molecular weight excluding hydrogens is 496 g/mol. The minimum Gasteiger partial charge on any atom is -0.505 e. The third-order valence-electron chi connectivity index (χ3n) is 6.81. The molecule has 3 unspecified atom stereocenters. The van der Waals surface area contributed by atoms with Gasteiger partial charge in [0.2, 0.25) is 6.41 Å². The van der Waals surface area contributed by atoms with Crippen LogP contribution in [0.1, 0.15) is 78.5 Å². The summed E-state index contributed by atoms with van der Waals surface area (Å²) in [6, 6.07) is 3.37. The van der Waals surface area contributed by atoms with E-state index in [-0.39, 0.29) is 17.0 Å². The van der Waals surface area contributed by atoms with Crippen LogP contribution in [0.15, 0.2) is 18.2 Å². The quantitative estimate of drug-likeness (QED) is 0.0762. The number of hydrogen-bond donors (Lipinski definition) is 6. The van der Waals surface area contributed by atoms with E-state index in [9.17, 15) is 30.0 Å². The van der Waals surface area contributed by atoms with E-state index in [0.717, 1.165) is 25.7 Å². The van der Waals surface area contributed by atoms with Gasteiger partial charge in [0.1, 0.15) is 18.1 Å². The maximum atomic E-state index is 12.5. The summed E-state index contributed by atoms with van der Waals surface area (Å²) in [4.78, 5) is 23.3. The van der Waals surface area contributed by atoms with Crippen molar-refractivity contribution in [2.45, 2.75) is 110 Å². The van der Waals surface area contributed by atoms with Crippen molar-refractivity contribution in [1.82, 2.24) is 5.32 Å². The molecule has 1 aliphatic rings. The molecule has 11 heteroatoms. The number of aromatic hydroxyl groups is 1. The van der Waals surface area contributed by atoms with Gasteiger partial charge in [-0.25, -0.2) is 0 Å². The second-order valence-corrected chi connectivity index (χ2v) is 10.1. The number of carbonyl (C=O) groups excluding carboxylic acids is 2. The number of unbranched alkanes of at least 4 members (excludes halogenated alkanes) is 3. The largest absolute Gasteiger partial charge is 0.505 e. The smallest absolute Gasteiger partial charge is 0.308 e. The Bertz CT molecular complexity index is 884. The minimum absolute atomic E-state index is 0.0438. The number of rotatable bonds is 12. The van der Waals surface area contributed by atoms with Crippen LogP contribution in [0.5, 0.6) is 5.75 Å². The highest BCUT2D eigenvalue weighted by molar-refractivity contribution is 5.76. The average Bonchev–Trinajstić information content (AvgIpc) is 2.88. The molecule has 8 atom stereocenters. The summed E-state index contributed by atoms with van der Waals surface area (Å²) < 4.78 is 17.5. The second-order valence-electron chi connectivity index (χ2n) is 10.1. The maximum absolute atomic E-state index is 12.5. The van der Waals surface area contributed by atoms with Crippen LogP contribution in [0.3, 0.4) is 0 Å². The molecule has 1 amide bonds. The van der Waals surface area contributed by atoms with Crippen molar-refractivity contribution >= 4 is 18.1 Å². The summed E-state index contributed by atoms with van der Waals surface area (Å²) in [6.07, 6.45) is -2.26. The molecule has 216 valence electrons. The fraction of sp³-hybridized carbons (Fsp3) is 0.704. The molecule has 1 saturated heterocycles. The van der Waals surface area contributed by atoms with Crippen LogP contribution in [0.4, 0.5) is 5.69 Å². The van der Waals surface area contributed by atoms with Gasteiger partial charge in [-0.15, -0.1) is 0 Å². The first-order valence-corrected chi connectivity index (χ1v) is 13.3. The molecule has 0 aromatic heterocycles. The Labute approximate surface area is 224 Å². The highest BCUT2D eigenvalue weighted by Gasteiger charge is 2.43. The van der Waals surface area contributed by atoms with E-state index in [1.807, 2.05) is 0 Å². The Kier molecular flexibility index (Phi) is 12.9. The Morgan fingerprint density at radius 1 is 1.11 bits per heavy atom. The van der Waals surface area contributed by atoms with Gasteiger partial charge in [0.15, 0.2) is 12.6 Å². The number of esters is 1. The third-order valence-corrected chi connectivity index (χ3v) is 6.81. The molecular formula is C27H44N2O9. The highest BCUT2D eigenvalue weighted by Crippen LogP contribution is 2.33. The highest BCUT2D eigenvalue weighted by atomic mass is 16.6. The average molecular weight is 541 g/mol. The van der Waals surface area contributed by atoms with Crippen molar-refractivity contribution in [3.63, 3.8) is 0 Å². The molecule has 0 saturated carbocycles. The Balaban J connectivity index is 2.32. The zero-order valence-electron chi connectivity index (χ0n) is 22.9. The molecule has 1 aromatic rings. The lowest BCUT2D eigenvalue weighted by molar-refractivity contribution is -0.204. The molecule has 1 aromatic carbocycles. The van der Waals surface area contributed by atoms with E-state index in [0.29, 0.717) is 12.8 Å². The van der Waals surface area contributed by atoms with Crippen LogP contribution in [0, 0.1) is 11.8 Å². The molecule has 0 bridgehead atoms. The van der Waals surface area contributed by atoms with Crippen molar-refractivity contribution < 1.29 is 44.2 Å². The number of phenols is 1. The lowest BCUT2D eigenvalue weighted by Crippen LogP contribution is -2.51. The van der Waals surface area contributed by atoms with E-state index >= 15 is 0 Å². The zero-order valence-corrected chi connectivity index (χ0v) is 22.9. The topological polar surface area (TPSA) is 167 Å². The standard InChI is InChI=1S/C27H44N2O9/c1-6-7-8-9-11-19-23(38-25(33)15(2)3)17(5)37-27(35)21(16(4)36-26(19)34)29-24(32)18-12-10-13-20(22(18)31)28-14-30/h10,12-17,19,21,23-24,26-27,29,31-32,34-35H,6-9,11H2,1-5H3,(H,28,30)/t16-,17+,19-,21+,23+,24?,26?,27?/m1/s1. The first kappa shape index (κ1) is 31.9. The van der Waals surface area contributed by atoms with Crippen LogP contribution in [-0.2, 0) is 23.8 Å². The number of anilines is 1. The monoisotopic (exact) mass is 540 g/mol. The van der Waals surface area contributed by atoms with Crippen LogP contribution >= 0.6 is 0 Å². The van der Waals surface area contributed by atoms with E-state index < -0.39 is 61.0 Å². The SMILES string of the molecule is CCCCCC[C@H]1C(O)O[C@H](C)[C@H](NC(O)c2cccc(NC=O)c2O)C(O)O[C@@H](C)[C@@H]1OC(=O)C(C)C. The van der Waals surface area contributed by atoms with Crippen molar-refractivity contribution in [3.8, 4) is 5.75 Å². The number of ether oxygens (including phenoxy) is 3. The Morgan fingerprint density at radius 3 is 2.42 bits per heavy atom. The van der Waals surface area contributed by atoms with E-state index in [4.69, 9.17) is 14.2 Å². The van der Waals surface area contributed by atoms with Gasteiger partial charge in [-0.2, -0.15) is 0 Å². The van der Waals surface area contributed by atoms with Crippen molar-refractivity contribution in [2.24, 2.45) is 11.8 Å². The summed E-state index contributed by atoms with van der Waals surface area (Å²) in [5.41, 5.74) is 0.140. The number of benzene rings is 1. The van der Waals surface area contributed by atoms with Gasteiger partial charge in [0, 0.05) is 11.5 Å². The molecule has 0 aliphatic carbocycles. The van der Waals surface area contributed by atoms with Gasteiger partial charge in [0.05, 0.1) is 29.9 Å². The van der Waals surface area contributed by atoms with Gasteiger partial charge in [0.25, 0.3) is 0 Å². The molecule has 1 heterocycles. The lowest BCUT2D eigenvalue weighted by atomic mass is 9.91. The molecule has 38 heavy (non-hydrogen) atoms. The van der Waals surface area contributed by atoms with Gasteiger partial charge >= 0.3 is 5.97 Å². The van der Waals surface area contributed by atoms with Crippen LogP contribution < -0.4 is 10.6 Å². The Morgan fingerprint density at radius 2 is 1.79 bits per heavy atom. The second kappa shape index (κ2) is 15.3. The fourth-order valence-corrected chi connectivity index (χ4v) is 4.55. The normalized spacial score (nSPS) is 29.1. The number of para-hydroxylation sites is 1. The predicted octanol–water partition coefficient (Wildman–Crippen LogP) is 2.52. The van der Waals surface area contributed by atoms with E-state index in [1.165, 1.54) is 18.2 Å². The number of nitrogens with one attached hydrogen (secondary N) is 2. The number of hydrogen-bond acceptors (Lipinski definition) is 10. The van der Waals surface area contributed by atoms with Gasteiger partial charge in [-0.1, -0.05) is 58.6 Å². The van der Waals surface area contributed by atoms with Gasteiger partial charge < -0.3 is 40.0 Å². The predicted molar refractivity (Wildman–Crippen MR) is 140 cm³/mol. The van der Waals surface area contributed by atoms with Crippen LogP contribution in [0.25, 0.3) is 0 Å². The summed E-state index contributed by atoms with van der Waals surface area (Å²) in [5, 5.41) is 48.6. The number of phenolic OH excluding ortho intramolecular Hbond substituents is 1. The number of aliphatic hydroxyl groups excluding tert-OH is 3.